The predicted octanol–water partition coefficient (Wildman–Crippen LogP) is 2.36. The first kappa shape index (κ1) is 10.4. The van der Waals surface area contributed by atoms with Crippen LogP contribution in [-0.4, -0.2) is 9.97 Å². The molecule has 2 rings (SSSR count). The Morgan fingerprint density at radius 3 is 2.31 bits per heavy atom. The molecule has 0 aliphatic rings. The molecule has 0 spiro atoms. The Morgan fingerprint density at radius 2 is 1.75 bits per heavy atom. The number of hydrogen-bond donors (Lipinski definition) is 2. The van der Waals surface area contributed by atoms with Crippen molar-refractivity contribution in [3.8, 4) is 0 Å². The topological polar surface area (TPSA) is 63.8 Å². The zero-order valence-electron chi connectivity index (χ0n) is 9.14. The Morgan fingerprint density at radius 1 is 1.12 bits per heavy atom. The van der Waals surface area contributed by atoms with E-state index in [-0.39, 0.29) is 0 Å². The van der Waals surface area contributed by atoms with Gasteiger partial charge in [-0.25, -0.2) is 9.97 Å². The van der Waals surface area contributed by atoms with Crippen LogP contribution in [0.3, 0.4) is 0 Å². The molecule has 1 heterocycles. The highest BCUT2D eigenvalue weighted by molar-refractivity contribution is 5.56. The summed E-state index contributed by atoms with van der Waals surface area (Å²) in [4.78, 5) is 8.43. The summed E-state index contributed by atoms with van der Waals surface area (Å²) in [6.45, 7) is 2.08. The maximum absolute atomic E-state index is 5.60. The van der Waals surface area contributed by atoms with Gasteiger partial charge in [0.1, 0.15) is 0 Å². The molecule has 0 aliphatic heterocycles. The van der Waals surface area contributed by atoms with Gasteiger partial charge >= 0.3 is 0 Å². The molecule has 0 bridgehead atoms. The molecule has 0 atom stereocenters. The summed E-state index contributed by atoms with van der Waals surface area (Å²) in [6, 6.07) is 7.46. The van der Waals surface area contributed by atoms with Crippen molar-refractivity contribution in [2.24, 2.45) is 0 Å². The van der Waals surface area contributed by atoms with Crippen molar-refractivity contribution in [1.82, 2.24) is 9.97 Å². The number of aromatic nitrogens is 2. The third-order valence-electron chi connectivity index (χ3n) is 2.28. The number of nitrogen functional groups attached to an aromatic ring is 1. The number of benzene rings is 1. The fourth-order valence-corrected chi connectivity index (χ4v) is 1.30. The minimum atomic E-state index is 0.599. The van der Waals surface area contributed by atoms with Crippen LogP contribution in [0.5, 0.6) is 0 Å². The van der Waals surface area contributed by atoms with Crippen LogP contribution in [0.2, 0.25) is 0 Å². The first-order valence-corrected chi connectivity index (χ1v) is 5.21. The zero-order chi connectivity index (χ0) is 11.4. The summed E-state index contributed by atoms with van der Waals surface area (Å²) in [5, 5.41) is 3.10. The molecule has 2 aromatic rings. The van der Waals surface area contributed by atoms with E-state index >= 15 is 0 Å². The van der Waals surface area contributed by atoms with Crippen LogP contribution in [-0.2, 0) is 6.42 Å². The third kappa shape index (κ3) is 2.48. The SMILES string of the molecule is CCc1cnc(Nc2ccc(N)cc2)nc1. The first-order chi connectivity index (χ1) is 7.78. The van der Waals surface area contributed by atoms with Crippen LogP contribution >= 0.6 is 0 Å². The highest BCUT2D eigenvalue weighted by atomic mass is 15.1. The Hall–Kier alpha value is -2.10. The smallest absolute Gasteiger partial charge is 0.227 e. The number of nitrogens with zero attached hydrogens (tertiary/aromatic N) is 2. The minimum absolute atomic E-state index is 0.599. The van der Waals surface area contributed by atoms with Gasteiger partial charge in [0.15, 0.2) is 0 Å². The molecule has 0 radical (unpaired) electrons. The molecule has 0 saturated carbocycles. The van der Waals surface area contributed by atoms with Crippen molar-refractivity contribution in [1.29, 1.82) is 0 Å². The van der Waals surface area contributed by atoms with Gasteiger partial charge in [-0.1, -0.05) is 6.92 Å². The van der Waals surface area contributed by atoms with Gasteiger partial charge < -0.3 is 11.1 Å². The van der Waals surface area contributed by atoms with E-state index < -0.39 is 0 Å². The number of anilines is 3. The molecule has 0 saturated heterocycles. The maximum atomic E-state index is 5.60. The number of aryl methyl sites for hydroxylation is 1. The van der Waals surface area contributed by atoms with Crippen molar-refractivity contribution in [2.75, 3.05) is 11.1 Å². The molecule has 82 valence electrons. The average Bonchev–Trinajstić information content (AvgIpc) is 2.33. The van der Waals surface area contributed by atoms with E-state index in [4.69, 9.17) is 5.73 Å². The molecule has 0 fully saturated rings. The lowest BCUT2D eigenvalue weighted by atomic mass is 10.3. The number of nitrogens with one attached hydrogen (secondary N) is 1. The summed E-state index contributed by atoms with van der Waals surface area (Å²) >= 11 is 0. The van der Waals surface area contributed by atoms with E-state index in [1.54, 1.807) is 0 Å². The van der Waals surface area contributed by atoms with Gasteiger partial charge in [0, 0.05) is 23.8 Å². The van der Waals surface area contributed by atoms with Crippen LogP contribution in [0.15, 0.2) is 36.7 Å². The van der Waals surface area contributed by atoms with E-state index in [1.165, 1.54) is 0 Å². The third-order valence-corrected chi connectivity index (χ3v) is 2.28. The lowest BCUT2D eigenvalue weighted by Crippen LogP contribution is -1.97. The average molecular weight is 214 g/mol. The molecule has 4 heteroatoms. The largest absolute Gasteiger partial charge is 0.399 e. The van der Waals surface area contributed by atoms with E-state index in [0.717, 1.165) is 23.4 Å². The lowest BCUT2D eigenvalue weighted by molar-refractivity contribution is 1.05. The van der Waals surface area contributed by atoms with Gasteiger partial charge in [-0.3, -0.25) is 0 Å². The van der Waals surface area contributed by atoms with Crippen molar-refractivity contribution in [3.63, 3.8) is 0 Å². The number of rotatable bonds is 3. The molecular formula is C12H14N4. The molecular weight excluding hydrogens is 200 g/mol. The molecule has 0 aliphatic carbocycles. The van der Waals surface area contributed by atoms with Crippen LogP contribution in [0, 0.1) is 0 Å². The van der Waals surface area contributed by atoms with Crippen molar-refractivity contribution < 1.29 is 0 Å². The molecule has 1 aromatic carbocycles. The summed E-state index contributed by atoms with van der Waals surface area (Å²) < 4.78 is 0. The fourth-order valence-electron chi connectivity index (χ4n) is 1.30. The van der Waals surface area contributed by atoms with Gasteiger partial charge in [-0.05, 0) is 36.2 Å². The molecule has 4 nitrogen and oxygen atoms in total. The number of hydrogen-bond acceptors (Lipinski definition) is 4. The molecule has 0 amide bonds. The molecule has 3 N–H and O–H groups in total. The van der Waals surface area contributed by atoms with Gasteiger partial charge in [0.25, 0.3) is 0 Å². The summed E-state index contributed by atoms with van der Waals surface area (Å²) in [7, 11) is 0. The molecule has 16 heavy (non-hydrogen) atoms. The van der Waals surface area contributed by atoms with Gasteiger partial charge in [0.2, 0.25) is 5.95 Å². The second-order valence-corrected chi connectivity index (χ2v) is 3.52. The molecule has 0 unspecified atom stereocenters. The standard InChI is InChI=1S/C12H14N4/c1-2-9-7-14-12(15-8-9)16-11-5-3-10(13)4-6-11/h3-8H,2,13H2,1H3,(H,14,15,16). The summed E-state index contributed by atoms with van der Waals surface area (Å²) in [5.41, 5.74) is 8.40. The quantitative estimate of drug-likeness (QED) is 0.770. The number of nitrogens with two attached hydrogens (primary N) is 1. The summed E-state index contributed by atoms with van der Waals surface area (Å²) in [5.74, 6) is 0.599. The van der Waals surface area contributed by atoms with Crippen LogP contribution < -0.4 is 11.1 Å². The van der Waals surface area contributed by atoms with Crippen molar-refractivity contribution in [3.05, 3.63) is 42.2 Å². The Bertz CT molecular complexity index is 447. The minimum Gasteiger partial charge on any atom is -0.399 e. The lowest BCUT2D eigenvalue weighted by Gasteiger charge is -2.05. The van der Waals surface area contributed by atoms with E-state index in [1.807, 2.05) is 36.7 Å². The maximum Gasteiger partial charge on any atom is 0.227 e. The van der Waals surface area contributed by atoms with E-state index in [0.29, 0.717) is 5.95 Å². The fraction of sp³-hybridized carbons (Fsp3) is 0.167. The first-order valence-electron chi connectivity index (χ1n) is 5.21. The van der Waals surface area contributed by atoms with Crippen LogP contribution in [0.25, 0.3) is 0 Å². The second kappa shape index (κ2) is 4.61. The van der Waals surface area contributed by atoms with Crippen molar-refractivity contribution >= 4 is 17.3 Å². The zero-order valence-corrected chi connectivity index (χ0v) is 9.14. The van der Waals surface area contributed by atoms with Crippen LogP contribution in [0.1, 0.15) is 12.5 Å². The van der Waals surface area contributed by atoms with Gasteiger partial charge in [-0.2, -0.15) is 0 Å². The highest BCUT2D eigenvalue weighted by Crippen LogP contribution is 2.14. The Balaban J connectivity index is 2.11. The van der Waals surface area contributed by atoms with Crippen molar-refractivity contribution in [2.45, 2.75) is 13.3 Å². The summed E-state index contributed by atoms with van der Waals surface area (Å²) in [6.07, 6.45) is 4.60. The van der Waals surface area contributed by atoms with Gasteiger partial charge in [0.05, 0.1) is 0 Å². The Kier molecular flexibility index (Phi) is 3.00. The van der Waals surface area contributed by atoms with Gasteiger partial charge in [-0.15, -0.1) is 0 Å². The van der Waals surface area contributed by atoms with E-state index in [2.05, 4.69) is 22.2 Å². The van der Waals surface area contributed by atoms with E-state index in [9.17, 15) is 0 Å². The monoisotopic (exact) mass is 214 g/mol. The second-order valence-electron chi connectivity index (χ2n) is 3.52. The van der Waals surface area contributed by atoms with Crippen LogP contribution in [0.4, 0.5) is 17.3 Å². The highest BCUT2D eigenvalue weighted by Gasteiger charge is 1.97. The normalized spacial score (nSPS) is 10.1. The molecule has 1 aromatic heterocycles. The Labute approximate surface area is 94.5 Å². The predicted molar refractivity (Wildman–Crippen MR) is 65.5 cm³/mol.